The second kappa shape index (κ2) is 5.68. The molecule has 1 saturated heterocycles. The summed E-state index contributed by atoms with van der Waals surface area (Å²) >= 11 is 0. The fourth-order valence-corrected chi connectivity index (χ4v) is 2.64. The third kappa shape index (κ3) is 3.12. The van der Waals surface area contributed by atoms with E-state index in [1.807, 2.05) is 5.43 Å². The third-order valence-corrected chi connectivity index (χ3v) is 3.61. The number of nitrogens with one attached hydrogen (secondary N) is 1. The van der Waals surface area contributed by atoms with Crippen LogP contribution in [0, 0.1) is 5.92 Å². The minimum atomic E-state index is -0.434. The molecule has 2 unspecified atom stereocenters. The lowest BCUT2D eigenvalue weighted by Gasteiger charge is -2.22. The van der Waals surface area contributed by atoms with Crippen LogP contribution < -0.4 is 11.3 Å². The number of nitrogens with two attached hydrogens (primary N) is 1. The average molecular weight is 267 g/mol. The van der Waals surface area contributed by atoms with E-state index in [1.54, 1.807) is 6.07 Å². The van der Waals surface area contributed by atoms with Crippen LogP contribution in [0.15, 0.2) is 10.6 Å². The minimum Gasteiger partial charge on any atom is -0.359 e. The van der Waals surface area contributed by atoms with Crippen LogP contribution in [0.4, 0.5) is 0 Å². The van der Waals surface area contributed by atoms with Crippen molar-refractivity contribution in [2.45, 2.75) is 19.5 Å². The lowest BCUT2D eigenvalue weighted by molar-refractivity contribution is 0.0944. The van der Waals surface area contributed by atoms with Gasteiger partial charge in [-0.15, -0.1) is 0 Å². The van der Waals surface area contributed by atoms with Gasteiger partial charge in [-0.25, -0.2) is 5.84 Å². The fraction of sp³-hybridized carbons (Fsp3) is 0.667. The van der Waals surface area contributed by atoms with Crippen molar-refractivity contribution in [2.75, 3.05) is 27.2 Å². The molecule has 106 valence electrons. The Kier molecular flexibility index (Phi) is 4.18. The molecule has 0 aliphatic carbocycles. The highest BCUT2D eigenvalue weighted by Crippen LogP contribution is 2.21. The third-order valence-electron chi connectivity index (χ3n) is 3.61. The predicted molar refractivity (Wildman–Crippen MR) is 70.1 cm³/mol. The number of hydrogen-bond donors (Lipinski definition) is 2. The molecule has 0 radical (unpaired) electrons. The van der Waals surface area contributed by atoms with Crippen LogP contribution in [0.5, 0.6) is 0 Å². The molecule has 1 amide bonds. The Labute approximate surface area is 112 Å². The van der Waals surface area contributed by atoms with Crippen molar-refractivity contribution in [1.82, 2.24) is 20.4 Å². The second-order valence-corrected chi connectivity index (χ2v) is 5.35. The molecular formula is C12H21N5O2. The molecule has 2 rings (SSSR count). The molecule has 3 N–H and O–H groups in total. The first-order chi connectivity index (χ1) is 9.01. The van der Waals surface area contributed by atoms with Crippen LogP contribution >= 0.6 is 0 Å². The van der Waals surface area contributed by atoms with Gasteiger partial charge >= 0.3 is 0 Å². The minimum absolute atomic E-state index is 0.217. The number of carbonyl (C=O) groups excluding carboxylic acids is 1. The van der Waals surface area contributed by atoms with Crippen LogP contribution in [0.2, 0.25) is 0 Å². The largest absolute Gasteiger partial charge is 0.359 e. The maximum atomic E-state index is 11.3. The standard InChI is InChI=1S/C12H21N5O2/c1-8-5-17(7-11(8)16(2)3)6-9-4-10(15-19-9)12(18)14-13/h4,8,11H,5-7,13H2,1-3H3,(H,14,18). The highest BCUT2D eigenvalue weighted by molar-refractivity contribution is 5.91. The molecule has 7 nitrogen and oxygen atoms in total. The van der Waals surface area contributed by atoms with Crippen LogP contribution in [-0.2, 0) is 6.54 Å². The summed E-state index contributed by atoms with van der Waals surface area (Å²) in [6.07, 6.45) is 0. The van der Waals surface area contributed by atoms with Gasteiger partial charge < -0.3 is 9.42 Å². The van der Waals surface area contributed by atoms with Crippen molar-refractivity contribution in [3.63, 3.8) is 0 Å². The van der Waals surface area contributed by atoms with E-state index in [-0.39, 0.29) is 5.69 Å². The van der Waals surface area contributed by atoms with E-state index in [9.17, 15) is 4.79 Å². The van der Waals surface area contributed by atoms with Crippen molar-refractivity contribution in [3.05, 3.63) is 17.5 Å². The summed E-state index contributed by atoms with van der Waals surface area (Å²) in [6.45, 7) is 4.92. The zero-order chi connectivity index (χ0) is 14.0. The summed E-state index contributed by atoms with van der Waals surface area (Å²) in [4.78, 5) is 15.8. The van der Waals surface area contributed by atoms with Gasteiger partial charge in [0.25, 0.3) is 5.91 Å². The van der Waals surface area contributed by atoms with Gasteiger partial charge in [-0.1, -0.05) is 12.1 Å². The molecule has 0 spiro atoms. The lowest BCUT2D eigenvalue weighted by atomic mass is 10.1. The highest BCUT2D eigenvalue weighted by Gasteiger charge is 2.31. The molecular weight excluding hydrogens is 246 g/mol. The van der Waals surface area contributed by atoms with Gasteiger partial charge in [-0.3, -0.25) is 15.1 Å². The van der Waals surface area contributed by atoms with Gasteiger partial charge in [-0.05, 0) is 20.0 Å². The monoisotopic (exact) mass is 267 g/mol. The molecule has 2 heterocycles. The summed E-state index contributed by atoms with van der Waals surface area (Å²) in [5.74, 6) is 5.92. The van der Waals surface area contributed by atoms with Crippen LogP contribution in [0.3, 0.4) is 0 Å². The number of nitrogen functional groups attached to an aromatic ring is 1. The number of likely N-dealkylation sites (N-methyl/N-ethyl adjacent to an activating group) is 1. The first-order valence-electron chi connectivity index (χ1n) is 6.36. The Morgan fingerprint density at radius 2 is 2.37 bits per heavy atom. The fourth-order valence-electron chi connectivity index (χ4n) is 2.64. The Balaban J connectivity index is 1.95. The van der Waals surface area contributed by atoms with Gasteiger partial charge in [0.15, 0.2) is 11.5 Å². The van der Waals surface area contributed by atoms with Crippen LogP contribution in [0.1, 0.15) is 23.2 Å². The molecule has 0 aromatic carbocycles. The molecule has 1 fully saturated rings. The maximum absolute atomic E-state index is 11.3. The normalized spacial score (nSPS) is 24.1. The predicted octanol–water partition coefficient (Wildman–Crippen LogP) is -0.340. The Morgan fingerprint density at radius 3 is 2.95 bits per heavy atom. The lowest BCUT2D eigenvalue weighted by Crippen LogP contribution is -2.34. The smallest absolute Gasteiger partial charge is 0.287 e. The molecule has 2 atom stereocenters. The highest BCUT2D eigenvalue weighted by atomic mass is 16.5. The van der Waals surface area contributed by atoms with E-state index in [4.69, 9.17) is 10.4 Å². The van der Waals surface area contributed by atoms with E-state index in [0.717, 1.165) is 13.1 Å². The number of aromatic nitrogens is 1. The van der Waals surface area contributed by atoms with Gasteiger partial charge in [0.2, 0.25) is 0 Å². The van der Waals surface area contributed by atoms with Crippen molar-refractivity contribution >= 4 is 5.91 Å². The zero-order valence-electron chi connectivity index (χ0n) is 11.6. The first-order valence-corrected chi connectivity index (χ1v) is 6.36. The topological polar surface area (TPSA) is 87.6 Å². The molecule has 19 heavy (non-hydrogen) atoms. The Morgan fingerprint density at radius 1 is 1.63 bits per heavy atom. The van der Waals surface area contributed by atoms with E-state index in [0.29, 0.717) is 24.3 Å². The van der Waals surface area contributed by atoms with Gasteiger partial charge in [0.05, 0.1) is 6.54 Å². The molecule has 7 heteroatoms. The molecule has 1 aromatic rings. The Bertz CT molecular complexity index is 445. The van der Waals surface area contributed by atoms with Gasteiger partial charge in [0.1, 0.15) is 0 Å². The maximum Gasteiger partial charge on any atom is 0.287 e. The second-order valence-electron chi connectivity index (χ2n) is 5.35. The summed E-state index contributed by atoms with van der Waals surface area (Å²) in [7, 11) is 4.20. The number of hydrogen-bond acceptors (Lipinski definition) is 6. The van der Waals surface area contributed by atoms with Crippen molar-refractivity contribution in [3.8, 4) is 0 Å². The summed E-state index contributed by atoms with van der Waals surface area (Å²) in [5, 5.41) is 3.70. The van der Waals surface area contributed by atoms with E-state index < -0.39 is 5.91 Å². The number of rotatable bonds is 4. The number of hydrazine groups is 1. The van der Waals surface area contributed by atoms with Crippen molar-refractivity contribution in [1.29, 1.82) is 0 Å². The molecule has 1 aromatic heterocycles. The average Bonchev–Trinajstić information content (AvgIpc) is 2.95. The molecule has 0 bridgehead atoms. The molecule has 0 saturated carbocycles. The van der Waals surface area contributed by atoms with E-state index in [2.05, 4.69) is 36.0 Å². The number of likely N-dealkylation sites (tertiary alicyclic amines) is 1. The summed E-state index contributed by atoms with van der Waals surface area (Å²) in [6, 6.07) is 2.19. The number of nitrogens with zero attached hydrogens (tertiary/aromatic N) is 3. The van der Waals surface area contributed by atoms with Crippen molar-refractivity contribution in [2.24, 2.45) is 11.8 Å². The quantitative estimate of drug-likeness (QED) is 0.441. The Hall–Kier alpha value is -1.44. The van der Waals surface area contributed by atoms with Gasteiger partial charge in [-0.2, -0.15) is 0 Å². The van der Waals surface area contributed by atoms with E-state index >= 15 is 0 Å². The summed E-state index contributed by atoms with van der Waals surface area (Å²) < 4.78 is 5.16. The number of carbonyl (C=O) groups is 1. The van der Waals surface area contributed by atoms with Crippen molar-refractivity contribution < 1.29 is 9.32 Å². The van der Waals surface area contributed by atoms with Gasteiger partial charge in [0, 0.05) is 25.2 Å². The molecule has 1 aliphatic rings. The summed E-state index contributed by atoms with van der Waals surface area (Å²) in [5.41, 5.74) is 2.25. The SMILES string of the molecule is CC1CN(Cc2cc(C(=O)NN)no2)CC1N(C)C. The number of amides is 1. The molecule has 1 aliphatic heterocycles. The van der Waals surface area contributed by atoms with E-state index in [1.165, 1.54) is 0 Å². The first kappa shape index (κ1) is 14.0. The van der Waals surface area contributed by atoms with Crippen LogP contribution in [0.25, 0.3) is 0 Å². The van der Waals surface area contributed by atoms with Crippen LogP contribution in [-0.4, -0.2) is 54.1 Å². The zero-order valence-corrected chi connectivity index (χ0v) is 11.6.